The van der Waals surface area contributed by atoms with Gasteiger partial charge in [0.15, 0.2) is 12.5 Å². The molecule has 0 spiro atoms. The monoisotopic (exact) mass is 286 g/mol. The van der Waals surface area contributed by atoms with Gasteiger partial charge in [-0.1, -0.05) is 35.9 Å². The van der Waals surface area contributed by atoms with Crippen molar-refractivity contribution in [1.82, 2.24) is 0 Å². The van der Waals surface area contributed by atoms with Crippen LogP contribution in [0.4, 0.5) is 4.39 Å². The fourth-order valence-electron chi connectivity index (χ4n) is 2.26. The molecule has 0 N–H and O–H groups in total. The highest BCUT2D eigenvalue weighted by Gasteiger charge is 2.15. The van der Waals surface area contributed by atoms with Gasteiger partial charge in [0.1, 0.15) is 12.4 Å². The SMILES string of the molecule is Cc1ccc(COc2c(C)cc(C)cc2C(=O)CF)cc1. The van der Waals surface area contributed by atoms with Crippen LogP contribution in [0, 0.1) is 20.8 Å². The Bertz CT molecular complexity index is 645. The summed E-state index contributed by atoms with van der Waals surface area (Å²) < 4.78 is 18.5. The van der Waals surface area contributed by atoms with E-state index in [1.807, 2.05) is 51.1 Å². The summed E-state index contributed by atoms with van der Waals surface area (Å²) >= 11 is 0. The summed E-state index contributed by atoms with van der Waals surface area (Å²) in [5, 5.41) is 0. The number of aryl methyl sites for hydroxylation is 3. The van der Waals surface area contributed by atoms with Gasteiger partial charge >= 0.3 is 0 Å². The molecule has 2 aromatic carbocycles. The first-order chi connectivity index (χ1) is 10.0. The largest absolute Gasteiger partial charge is 0.488 e. The van der Waals surface area contributed by atoms with Crippen LogP contribution in [0.15, 0.2) is 36.4 Å². The Morgan fingerprint density at radius 1 is 1.05 bits per heavy atom. The third-order valence-electron chi connectivity index (χ3n) is 3.34. The lowest BCUT2D eigenvalue weighted by Crippen LogP contribution is -2.08. The Morgan fingerprint density at radius 3 is 2.33 bits per heavy atom. The highest BCUT2D eigenvalue weighted by atomic mass is 19.1. The van der Waals surface area contributed by atoms with Gasteiger partial charge in [0.05, 0.1) is 5.56 Å². The van der Waals surface area contributed by atoms with Gasteiger partial charge < -0.3 is 4.74 Å². The number of hydrogen-bond acceptors (Lipinski definition) is 2. The normalized spacial score (nSPS) is 10.5. The van der Waals surface area contributed by atoms with Gasteiger partial charge in [-0.15, -0.1) is 0 Å². The van der Waals surface area contributed by atoms with Crippen molar-refractivity contribution in [3.8, 4) is 5.75 Å². The lowest BCUT2D eigenvalue weighted by Gasteiger charge is -2.14. The van der Waals surface area contributed by atoms with E-state index in [9.17, 15) is 9.18 Å². The molecule has 3 heteroatoms. The smallest absolute Gasteiger partial charge is 0.197 e. The van der Waals surface area contributed by atoms with Gasteiger partial charge in [-0.3, -0.25) is 4.79 Å². The van der Waals surface area contributed by atoms with Crippen LogP contribution in [-0.4, -0.2) is 12.5 Å². The zero-order valence-corrected chi connectivity index (χ0v) is 12.6. The minimum atomic E-state index is -1.01. The summed E-state index contributed by atoms with van der Waals surface area (Å²) in [7, 11) is 0. The summed E-state index contributed by atoms with van der Waals surface area (Å²) in [6, 6.07) is 11.6. The van der Waals surface area contributed by atoms with Crippen molar-refractivity contribution in [2.75, 3.05) is 6.67 Å². The van der Waals surface area contributed by atoms with Gasteiger partial charge in [0, 0.05) is 0 Å². The topological polar surface area (TPSA) is 26.3 Å². The number of ketones is 1. The molecule has 0 bridgehead atoms. The second-order valence-electron chi connectivity index (χ2n) is 5.29. The molecule has 0 aliphatic heterocycles. The molecule has 0 saturated carbocycles. The van der Waals surface area contributed by atoms with E-state index in [2.05, 4.69) is 0 Å². The average Bonchev–Trinajstić information content (AvgIpc) is 2.46. The quantitative estimate of drug-likeness (QED) is 0.764. The highest BCUT2D eigenvalue weighted by molar-refractivity contribution is 6.00. The third-order valence-corrected chi connectivity index (χ3v) is 3.34. The molecule has 0 aliphatic rings. The molecule has 0 saturated heterocycles. The van der Waals surface area contributed by atoms with Gasteiger partial charge in [-0.05, 0) is 43.5 Å². The molecule has 0 heterocycles. The number of carbonyl (C=O) groups excluding carboxylic acids is 1. The number of hydrogen-bond donors (Lipinski definition) is 0. The maximum atomic E-state index is 12.7. The number of Topliss-reactive ketones (excluding diaryl/α,β-unsaturated/α-hetero) is 1. The maximum Gasteiger partial charge on any atom is 0.197 e. The fraction of sp³-hybridized carbons (Fsp3) is 0.278. The zero-order chi connectivity index (χ0) is 15.4. The van der Waals surface area contributed by atoms with Crippen LogP contribution in [0.5, 0.6) is 5.75 Å². The second kappa shape index (κ2) is 6.53. The predicted molar refractivity (Wildman–Crippen MR) is 81.7 cm³/mol. The van der Waals surface area contributed by atoms with E-state index in [0.717, 1.165) is 16.7 Å². The van der Waals surface area contributed by atoms with Crippen LogP contribution >= 0.6 is 0 Å². The Morgan fingerprint density at radius 2 is 1.71 bits per heavy atom. The maximum absolute atomic E-state index is 12.7. The lowest BCUT2D eigenvalue weighted by atomic mass is 10.0. The first kappa shape index (κ1) is 15.2. The summed E-state index contributed by atoms with van der Waals surface area (Å²) in [5.74, 6) is -0.0652. The summed E-state index contributed by atoms with van der Waals surface area (Å²) in [6.07, 6.45) is 0. The van der Waals surface area contributed by atoms with E-state index in [-0.39, 0.29) is 0 Å². The Kier molecular flexibility index (Phi) is 4.73. The molecule has 0 unspecified atom stereocenters. The molecule has 0 atom stereocenters. The van der Waals surface area contributed by atoms with Crippen molar-refractivity contribution in [1.29, 1.82) is 0 Å². The molecular formula is C18H19FO2. The van der Waals surface area contributed by atoms with Crippen LogP contribution in [0.2, 0.25) is 0 Å². The highest BCUT2D eigenvalue weighted by Crippen LogP contribution is 2.27. The van der Waals surface area contributed by atoms with Crippen LogP contribution in [-0.2, 0) is 6.61 Å². The van der Waals surface area contributed by atoms with E-state index in [4.69, 9.17) is 4.74 Å². The third kappa shape index (κ3) is 3.69. The molecule has 0 radical (unpaired) electrons. The van der Waals surface area contributed by atoms with Crippen molar-refractivity contribution < 1.29 is 13.9 Å². The average molecular weight is 286 g/mol. The molecule has 21 heavy (non-hydrogen) atoms. The summed E-state index contributed by atoms with van der Waals surface area (Å²) in [4.78, 5) is 11.7. The molecule has 2 aromatic rings. The van der Waals surface area contributed by atoms with Crippen molar-refractivity contribution >= 4 is 5.78 Å². The number of halogens is 1. The van der Waals surface area contributed by atoms with Crippen molar-refractivity contribution in [3.63, 3.8) is 0 Å². The van der Waals surface area contributed by atoms with Crippen molar-refractivity contribution in [2.24, 2.45) is 0 Å². The van der Waals surface area contributed by atoms with Gasteiger partial charge in [0.2, 0.25) is 0 Å². The van der Waals surface area contributed by atoms with E-state index in [1.165, 1.54) is 5.56 Å². The van der Waals surface area contributed by atoms with Crippen LogP contribution in [0.25, 0.3) is 0 Å². The Hall–Kier alpha value is -2.16. The lowest BCUT2D eigenvalue weighted by molar-refractivity contribution is 0.0954. The molecule has 2 nitrogen and oxygen atoms in total. The Labute approximate surface area is 124 Å². The standard InChI is InChI=1S/C18H19FO2/c1-12-4-6-15(7-5-12)11-21-18-14(3)8-13(2)9-16(18)17(20)10-19/h4-9H,10-11H2,1-3H3. The number of alkyl halides is 1. The molecule has 2 rings (SSSR count). The van der Waals surface area contributed by atoms with Crippen LogP contribution in [0.3, 0.4) is 0 Å². The molecular weight excluding hydrogens is 267 g/mol. The first-order valence-corrected chi connectivity index (χ1v) is 6.90. The first-order valence-electron chi connectivity index (χ1n) is 6.90. The summed E-state index contributed by atoms with van der Waals surface area (Å²) in [6.45, 7) is 5.12. The predicted octanol–water partition coefficient (Wildman–Crippen LogP) is 4.34. The van der Waals surface area contributed by atoms with E-state index in [1.54, 1.807) is 6.07 Å². The molecule has 0 aromatic heterocycles. The van der Waals surface area contributed by atoms with E-state index >= 15 is 0 Å². The van der Waals surface area contributed by atoms with Crippen LogP contribution in [0.1, 0.15) is 32.6 Å². The fourth-order valence-corrected chi connectivity index (χ4v) is 2.26. The zero-order valence-electron chi connectivity index (χ0n) is 12.6. The minimum Gasteiger partial charge on any atom is -0.488 e. The number of benzene rings is 2. The van der Waals surface area contributed by atoms with Gasteiger partial charge in [-0.25, -0.2) is 4.39 Å². The molecule has 0 aliphatic carbocycles. The van der Waals surface area contributed by atoms with Crippen molar-refractivity contribution in [2.45, 2.75) is 27.4 Å². The van der Waals surface area contributed by atoms with Crippen molar-refractivity contribution in [3.05, 3.63) is 64.2 Å². The Balaban J connectivity index is 2.26. The van der Waals surface area contributed by atoms with Crippen LogP contribution < -0.4 is 4.74 Å². The number of carbonyl (C=O) groups is 1. The van der Waals surface area contributed by atoms with Gasteiger partial charge in [0.25, 0.3) is 0 Å². The molecule has 110 valence electrons. The molecule has 0 fully saturated rings. The number of rotatable bonds is 5. The number of ether oxygens (including phenoxy) is 1. The second-order valence-corrected chi connectivity index (χ2v) is 5.29. The minimum absolute atomic E-state index is 0.321. The van der Waals surface area contributed by atoms with E-state index in [0.29, 0.717) is 17.9 Å². The van der Waals surface area contributed by atoms with Gasteiger partial charge in [-0.2, -0.15) is 0 Å². The van der Waals surface area contributed by atoms with E-state index < -0.39 is 12.5 Å². The summed E-state index contributed by atoms with van der Waals surface area (Å²) in [5.41, 5.74) is 4.28. The molecule has 0 amide bonds.